The number of hydrogen-bond donors (Lipinski definition) is 2. The Hall–Kier alpha value is -1.30. The number of hydrogen-bond acceptors (Lipinski definition) is 5. The molecule has 1 heterocycles. The maximum atomic E-state index is 10.5. The third-order valence-corrected chi connectivity index (χ3v) is 4.57. The molecule has 1 aliphatic heterocycles. The summed E-state index contributed by atoms with van der Waals surface area (Å²) >= 11 is 0. The van der Waals surface area contributed by atoms with Crippen LogP contribution in [0.25, 0.3) is 0 Å². The maximum absolute atomic E-state index is 10.5. The summed E-state index contributed by atoms with van der Waals surface area (Å²) in [6.07, 6.45) is 1.71. The molecule has 136 valence electrons. The number of aliphatic hydroxyl groups excluding tert-OH is 1. The first kappa shape index (κ1) is 19.0. The van der Waals surface area contributed by atoms with Gasteiger partial charge in [0.15, 0.2) is 0 Å². The minimum absolute atomic E-state index is 0.482. The van der Waals surface area contributed by atoms with E-state index in [-0.39, 0.29) is 0 Å². The van der Waals surface area contributed by atoms with E-state index < -0.39 is 6.10 Å². The molecule has 1 unspecified atom stereocenters. The highest BCUT2D eigenvalue weighted by atomic mass is 16.5. The lowest BCUT2D eigenvalue weighted by Gasteiger charge is -2.33. The Morgan fingerprint density at radius 3 is 2.21 bits per heavy atom. The number of rotatable bonds is 8. The van der Waals surface area contributed by atoms with Crippen molar-refractivity contribution in [3.63, 3.8) is 0 Å². The average molecular weight is 336 g/mol. The normalized spacial score (nSPS) is 17.9. The summed E-state index contributed by atoms with van der Waals surface area (Å²) in [5.41, 5.74) is 0.816. The molecule has 1 aliphatic rings. The summed E-state index contributed by atoms with van der Waals surface area (Å²) in [4.78, 5) is 2.53. The Morgan fingerprint density at radius 1 is 1.12 bits per heavy atom. The number of methoxy groups -OCH3 is 2. The summed E-state index contributed by atoms with van der Waals surface area (Å²) in [6.45, 7) is 8.54. The van der Waals surface area contributed by atoms with Crippen molar-refractivity contribution < 1.29 is 14.6 Å². The number of nitrogens with one attached hydrogen (secondary N) is 1. The fraction of sp³-hybridized carbons (Fsp3) is 0.684. The van der Waals surface area contributed by atoms with Crippen molar-refractivity contribution in [1.29, 1.82) is 0 Å². The van der Waals surface area contributed by atoms with E-state index >= 15 is 0 Å². The van der Waals surface area contributed by atoms with Crippen LogP contribution in [0.15, 0.2) is 18.2 Å². The lowest BCUT2D eigenvalue weighted by molar-refractivity contribution is 0.146. The van der Waals surface area contributed by atoms with Crippen LogP contribution >= 0.6 is 0 Å². The molecule has 0 saturated carbocycles. The van der Waals surface area contributed by atoms with Crippen LogP contribution in [-0.2, 0) is 0 Å². The summed E-state index contributed by atoms with van der Waals surface area (Å²) in [6, 6.07) is 6.02. The number of piperidine rings is 1. The third-order valence-electron chi connectivity index (χ3n) is 4.57. The van der Waals surface area contributed by atoms with Gasteiger partial charge in [-0.25, -0.2) is 0 Å². The van der Waals surface area contributed by atoms with Crippen molar-refractivity contribution in [2.75, 3.05) is 40.4 Å². The van der Waals surface area contributed by atoms with E-state index in [1.165, 1.54) is 6.54 Å². The Labute approximate surface area is 146 Å². The number of nitrogens with zero attached hydrogens (tertiary/aromatic N) is 1. The molecule has 1 fully saturated rings. The molecule has 24 heavy (non-hydrogen) atoms. The van der Waals surface area contributed by atoms with Gasteiger partial charge >= 0.3 is 0 Å². The van der Waals surface area contributed by atoms with Gasteiger partial charge in [-0.05, 0) is 49.5 Å². The van der Waals surface area contributed by atoms with E-state index in [0.717, 1.165) is 37.4 Å². The van der Waals surface area contributed by atoms with Gasteiger partial charge in [-0.3, -0.25) is 0 Å². The van der Waals surface area contributed by atoms with Gasteiger partial charge in [0, 0.05) is 25.2 Å². The van der Waals surface area contributed by atoms with Crippen LogP contribution in [0.4, 0.5) is 0 Å². The first-order chi connectivity index (χ1) is 11.5. The van der Waals surface area contributed by atoms with Gasteiger partial charge in [-0.2, -0.15) is 0 Å². The molecule has 0 aliphatic carbocycles. The lowest BCUT2D eigenvalue weighted by Crippen LogP contribution is -2.44. The summed E-state index contributed by atoms with van der Waals surface area (Å²) in [5.74, 6) is 2.12. The molecule has 5 heteroatoms. The Balaban J connectivity index is 1.82. The smallest absolute Gasteiger partial charge is 0.122 e. The Bertz CT molecular complexity index is 477. The number of aliphatic hydroxyl groups is 1. The molecule has 1 atom stereocenters. The molecule has 0 radical (unpaired) electrons. The molecule has 0 bridgehead atoms. The van der Waals surface area contributed by atoms with Crippen LogP contribution in [0.5, 0.6) is 11.5 Å². The van der Waals surface area contributed by atoms with Crippen LogP contribution in [-0.4, -0.2) is 56.4 Å². The molecule has 5 nitrogen and oxygen atoms in total. The van der Waals surface area contributed by atoms with E-state index in [0.29, 0.717) is 24.1 Å². The molecular weight excluding hydrogens is 304 g/mol. The van der Waals surface area contributed by atoms with Crippen LogP contribution in [0.3, 0.4) is 0 Å². The fourth-order valence-corrected chi connectivity index (χ4v) is 3.25. The van der Waals surface area contributed by atoms with Crippen molar-refractivity contribution in [3.05, 3.63) is 23.8 Å². The first-order valence-corrected chi connectivity index (χ1v) is 8.88. The van der Waals surface area contributed by atoms with Crippen molar-refractivity contribution in [2.45, 2.75) is 38.8 Å². The van der Waals surface area contributed by atoms with Gasteiger partial charge < -0.3 is 24.8 Å². The predicted octanol–water partition coefficient (Wildman–Crippen LogP) is 2.45. The average Bonchev–Trinajstić information content (AvgIpc) is 2.59. The van der Waals surface area contributed by atoms with Crippen LogP contribution < -0.4 is 14.8 Å². The van der Waals surface area contributed by atoms with Gasteiger partial charge in [-0.1, -0.05) is 13.8 Å². The molecule has 0 amide bonds. The van der Waals surface area contributed by atoms with Crippen molar-refractivity contribution in [1.82, 2.24) is 10.2 Å². The van der Waals surface area contributed by atoms with Gasteiger partial charge in [0.25, 0.3) is 0 Å². The minimum atomic E-state index is -0.567. The highest BCUT2D eigenvalue weighted by molar-refractivity contribution is 5.39. The molecule has 1 aromatic carbocycles. The summed E-state index contributed by atoms with van der Waals surface area (Å²) in [5, 5.41) is 14.0. The zero-order valence-electron chi connectivity index (χ0n) is 15.4. The van der Waals surface area contributed by atoms with Gasteiger partial charge in [0.05, 0.1) is 20.3 Å². The molecule has 0 spiro atoms. The van der Waals surface area contributed by atoms with E-state index in [2.05, 4.69) is 24.1 Å². The number of benzene rings is 1. The zero-order valence-corrected chi connectivity index (χ0v) is 15.4. The summed E-state index contributed by atoms with van der Waals surface area (Å²) < 4.78 is 10.5. The molecule has 2 rings (SSSR count). The predicted molar refractivity (Wildman–Crippen MR) is 96.8 cm³/mol. The maximum Gasteiger partial charge on any atom is 0.122 e. The van der Waals surface area contributed by atoms with E-state index in [4.69, 9.17) is 9.47 Å². The largest absolute Gasteiger partial charge is 0.497 e. The van der Waals surface area contributed by atoms with Gasteiger partial charge in [-0.15, -0.1) is 0 Å². The Kier molecular flexibility index (Phi) is 7.34. The van der Waals surface area contributed by atoms with Crippen LogP contribution in [0, 0.1) is 5.92 Å². The molecule has 2 N–H and O–H groups in total. The summed E-state index contributed by atoms with van der Waals surface area (Å²) in [7, 11) is 3.24. The number of likely N-dealkylation sites (tertiary alicyclic amines) is 1. The first-order valence-electron chi connectivity index (χ1n) is 8.88. The number of ether oxygens (including phenoxy) is 2. The standard InChI is InChI=1S/C19H32N2O3/c1-14(2)13-21-7-5-16(6-8-21)20-12-19(22)15-9-17(23-3)11-18(10-15)24-4/h9-11,14,16,19-20,22H,5-8,12-13H2,1-4H3. The SMILES string of the molecule is COc1cc(OC)cc(C(O)CNC2CCN(CC(C)C)CC2)c1. The quantitative estimate of drug-likeness (QED) is 0.764. The molecule has 1 aromatic rings. The van der Waals surface area contributed by atoms with Crippen molar-refractivity contribution in [3.8, 4) is 11.5 Å². The van der Waals surface area contributed by atoms with Crippen molar-refractivity contribution in [2.24, 2.45) is 5.92 Å². The van der Waals surface area contributed by atoms with Gasteiger partial charge in [0.1, 0.15) is 11.5 Å². The van der Waals surface area contributed by atoms with Crippen molar-refractivity contribution >= 4 is 0 Å². The lowest BCUT2D eigenvalue weighted by atomic mass is 10.0. The molecule has 0 aromatic heterocycles. The third kappa shape index (κ3) is 5.65. The highest BCUT2D eigenvalue weighted by Crippen LogP contribution is 2.26. The monoisotopic (exact) mass is 336 g/mol. The second kappa shape index (κ2) is 9.25. The van der Waals surface area contributed by atoms with E-state index in [1.807, 2.05) is 18.2 Å². The second-order valence-electron chi connectivity index (χ2n) is 7.04. The highest BCUT2D eigenvalue weighted by Gasteiger charge is 2.20. The molecule has 1 saturated heterocycles. The van der Waals surface area contributed by atoms with E-state index in [1.54, 1.807) is 14.2 Å². The fourth-order valence-electron chi connectivity index (χ4n) is 3.25. The second-order valence-corrected chi connectivity index (χ2v) is 7.04. The topological polar surface area (TPSA) is 54.0 Å². The zero-order chi connectivity index (χ0) is 17.5. The molecular formula is C19H32N2O3. The van der Waals surface area contributed by atoms with E-state index in [9.17, 15) is 5.11 Å². The van der Waals surface area contributed by atoms with Crippen LogP contribution in [0.2, 0.25) is 0 Å². The van der Waals surface area contributed by atoms with Crippen LogP contribution in [0.1, 0.15) is 38.4 Å². The Morgan fingerprint density at radius 2 is 1.71 bits per heavy atom. The minimum Gasteiger partial charge on any atom is -0.497 e. The van der Waals surface area contributed by atoms with Gasteiger partial charge in [0.2, 0.25) is 0 Å².